The lowest BCUT2D eigenvalue weighted by atomic mass is 9.42. The van der Waals surface area contributed by atoms with Gasteiger partial charge in [-0.1, -0.05) is 13.8 Å². The third-order valence-corrected chi connectivity index (χ3v) is 13.4. The highest BCUT2D eigenvalue weighted by atomic mass is 35.5. The molecule has 2 heterocycles. The van der Waals surface area contributed by atoms with E-state index in [4.69, 9.17) is 16.3 Å². The number of ketones is 1. The molecule has 0 aromatic carbocycles. The average molecular weight is 521 g/mol. The minimum atomic E-state index is -1.67. The molecule has 7 aliphatic rings. The normalized spacial score (nSPS) is 61.9. The summed E-state index contributed by atoms with van der Waals surface area (Å²) in [6.45, 7) is 10.2. The number of rotatable bonds is 1. The summed E-state index contributed by atoms with van der Waals surface area (Å²) in [5.74, 6) is 0.993. The first-order valence-corrected chi connectivity index (χ1v) is 14.3. The number of carbonyl (C=O) groups excluding carboxylic acids is 2. The van der Waals surface area contributed by atoms with Gasteiger partial charge in [-0.05, 0) is 100 Å². The van der Waals surface area contributed by atoms with Gasteiger partial charge in [0.25, 0.3) is 0 Å². The van der Waals surface area contributed by atoms with Crippen molar-refractivity contribution >= 4 is 23.4 Å². The summed E-state index contributed by atoms with van der Waals surface area (Å²) in [5.41, 5.74) is -4.76. The Labute approximate surface area is 218 Å². The van der Waals surface area contributed by atoms with Crippen LogP contribution in [0.5, 0.6) is 0 Å². The molecular formula is C29H41ClO6. The van der Waals surface area contributed by atoms with Crippen molar-refractivity contribution in [2.75, 3.05) is 0 Å². The number of carbonyl (C=O) groups is 2. The Morgan fingerprint density at radius 1 is 1.03 bits per heavy atom. The Bertz CT molecular complexity index is 1040. The van der Waals surface area contributed by atoms with E-state index in [-0.39, 0.29) is 41.0 Å². The molecule has 7 heteroatoms. The molecule has 0 amide bonds. The molecule has 0 aromatic rings. The maximum Gasteiger partial charge on any atom is 0.315 e. The van der Waals surface area contributed by atoms with Gasteiger partial charge < -0.3 is 20.1 Å². The van der Waals surface area contributed by atoms with E-state index in [2.05, 4.69) is 13.8 Å². The van der Waals surface area contributed by atoms with Crippen LogP contribution in [0.25, 0.3) is 0 Å². The molecule has 0 aromatic heterocycles. The van der Waals surface area contributed by atoms with Gasteiger partial charge in [0.05, 0.1) is 21.8 Å². The van der Waals surface area contributed by atoms with E-state index >= 15 is 0 Å². The Morgan fingerprint density at radius 3 is 2.39 bits per heavy atom. The van der Waals surface area contributed by atoms with Crippen molar-refractivity contribution in [1.82, 2.24) is 0 Å². The first kappa shape index (κ1) is 25.3. The molecule has 6 fully saturated rings. The fourth-order valence-corrected chi connectivity index (χ4v) is 11.3. The molecule has 2 bridgehead atoms. The van der Waals surface area contributed by atoms with E-state index < -0.39 is 33.5 Å². The predicted octanol–water partition coefficient (Wildman–Crippen LogP) is 3.63. The molecule has 2 saturated heterocycles. The van der Waals surface area contributed by atoms with Gasteiger partial charge in [0, 0.05) is 12.3 Å². The molecule has 1 unspecified atom stereocenters. The van der Waals surface area contributed by atoms with Gasteiger partial charge in [0.15, 0.2) is 5.78 Å². The number of esters is 1. The number of allylic oxidation sites excluding steroid dienone is 1. The van der Waals surface area contributed by atoms with Gasteiger partial charge in [-0.15, -0.1) is 11.6 Å². The number of halogens is 1. The second-order valence-corrected chi connectivity index (χ2v) is 14.7. The van der Waals surface area contributed by atoms with E-state index in [0.717, 1.165) is 19.3 Å². The number of alkyl halides is 1. The maximum absolute atomic E-state index is 13.4. The minimum absolute atomic E-state index is 0.00799. The van der Waals surface area contributed by atoms with Crippen molar-refractivity contribution in [2.24, 2.45) is 51.8 Å². The van der Waals surface area contributed by atoms with Crippen molar-refractivity contribution in [1.29, 1.82) is 0 Å². The van der Waals surface area contributed by atoms with Crippen LogP contribution in [0.4, 0.5) is 0 Å². The third-order valence-electron chi connectivity index (χ3n) is 12.9. The van der Waals surface area contributed by atoms with E-state index in [1.165, 1.54) is 12.2 Å². The SMILES string of the molecule is C[C@@H]1C[C@H]2[C@@H]3C[C@H](Cl)[C@]4(O)[C@@H](O)C=CC(=O)[C@]4(C)[C@H]3CC[C@]2(C)C1[C@@H]1C[C@@]2(C)C(=O)O[C@H]1C[C@]2(C)O. The molecular weight excluding hydrogens is 480 g/mol. The summed E-state index contributed by atoms with van der Waals surface area (Å²) < 4.78 is 5.94. The number of hydrogen-bond donors (Lipinski definition) is 3. The van der Waals surface area contributed by atoms with Crippen LogP contribution in [0.1, 0.15) is 73.1 Å². The summed E-state index contributed by atoms with van der Waals surface area (Å²) in [4.78, 5) is 26.2. The minimum Gasteiger partial charge on any atom is -0.461 e. The third kappa shape index (κ3) is 2.70. The van der Waals surface area contributed by atoms with Crippen LogP contribution in [0.2, 0.25) is 0 Å². The van der Waals surface area contributed by atoms with E-state index in [1.807, 2.05) is 13.8 Å². The largest absolute Gasteiger partial charge is 0.461 e. The second kappa shape index (κ2) is 7.37. The van der Waals surface area contributed by atoms with Crippen molar-refractivity contribution in [3.8, 4) is 0 Å². The fourth-order valence-electron chi connectivity index (χ4n) is 10.7. The van der Waals surface area contributed by atoms with Crippen LogP contribution < -0.4 is 0 Å². The van der Waals surface area contributed by atoms with E-state index in [9.17, 15) is 24.9 Å². The standard InChI is InChI=1S/C29H41ClO6/c1-14-10-18-15-11-20(30)29(35)22(32)7-6-21(31)28(29,5)17(15)8-9-25(18,2)23(14)16-12-26(3)24(33)36-19(16)13-27(26,4)34/h6-7,14-20,22-23,32,34-35H,8-13H2,1-5H3/t14-,15-,16-,17+,18+,19+,20+,22+,23?,25+,26+,27+,28+,29+/m1/s1. The zero-order valence-electron chi connectivity index (χ0n) is 22.0. The van der Waals surface area contributed by atoms with Gasteiger partial charge in [-0.3, -0.25) is 9.59 Å². The summed E-state index contributed by atoms with van der Waals surface area (Å²) >= 11 is 6.89. The molecule has 0 spiro atoms. The molecule has 4 saturated carbocycles. The summed E-state index contributed by atoms with van der Waals surface area (Å²) in [6.07, 6.45) is 5.82. The Morgan fingerprint density at radius 2 is 1.72 bits per heavy atom. The number of aliphatic hydroxyl groups excluding tert-OH is 1. The Kier molecular flexibility index (Phi) is 5.18. The molecule has 6 nitrogen and oxygen atoms in total. The fraction of sp³-hybridized carbons (Fsp3) is 0.862. The van der Waals surface area contributed by atoms with Crippen LogP contribution in [0.3, 0.4) is 0 Å². The zero-order valence-corrected chi connectivity index (χ0v) is 22.8. The van der Waals surface area contributed by atoms with Gasteiger partial charge in [0.2, 0.25) is 0 Å². The predicted molar refractivity (Wildman–Crippen MR) is 134 cm³/mol. The van der Waals surface area contributed by atoms with Crippen molar-refractivity contribution in [2.45, 2.75) is 102 Å². The van der Waals surface area contributed by atoms with Gasteiger partial charge >= 0.3 is 5.97 Å². The highest BCUT2D eigenvalue weighted by molar-refractivity contribution is 6.22. The highest BCUT2D eigenvalue weighted by Gasteiger charge is 2.73. The topological polar surface area (TPSA) is 104 Å². The molecule has 7 rings (SSSR count). The van der Waals surface area contributed by atoms with Crippen LogP contribution in [0.15, 0.2) is 12.2 Å². The molecule has 200 valence electrons. The van der Waals surface area contributed by atoms with Gasteiger partial charge in [-0.25, -0.2) is 0 Å². The first-order chi connectivity index (χ1) is 16.6. The van der Waals surface area contributed by atoms with Gasteiger partial charge in [0.1, 0.15) is 17.8 Å². The maximum atomic E-state index is 13.4. The lowest BCUT2D eigenvalue weighted by molar-refractivity contribution is -0.245. The lowest BCUT2D eigenvalue weighted by Gasteiger charge is -2.64. The zero-order chi connectivity index (χ0) is 26.2. The van der Waals surface area contributed by atoms with E-state index in [1.54, 1.807) is 6.92 Å². The van der Waals surface area contributed by atoms with Crippen LogP contribution in [-0.4, -0.2) is 55.9 Å². The number of ether oxygens (including phenoxy) is 1. The molecule has 2 aliphatic heterocycles. The smallest absolute Gasteiger partial charge is 0.315 e. The molecule has 5 aliphatic carbocycles. The molecule has 14 atom stereocenters. The lowest BCUT2D eigenvalue weighted by Crippen LogP contribution is -2.72. The van der Waals surface area contributed by atoms with Crippen LogP contribution >= 0.6 is 11.6 Å². The van der Waals surface area contributed by atoms with Crippen molar-refractivity contribution < 1.29 is 29.6 Å². The summed E-state index contributed by atoms with van der Waals surface area (Å²) in [7, 11) is 0. The monoisotopic (exact) mass is 520 g/mol. The van der Waals surface area contributed by atoms with E-state index in [0.29, 0.717) is 37.0 Å². The molecule has 0 radical (unpaired) electrons. The number of hydrogen-bond acceptors (Lipinski definition) is 6. The summed E-state index contributed by atoms with van der Waals surface area (Å²) in [6, 6.07) is 0. The number of fused-ring (bicyclic) bond motifs is 8. The van der Waals surface area contributed by atoms with Crippen LogP contribution in [0, 0.1) is 51.8 Å². The Balaban J connectivity index is 1.36. The first-order valence-electron chi connectivity index (χ1n) is 13.8. The quantitative estimate of drug-likeness (QED) is 0.360. The summed E-state index contributed by atoms with van der Waals surface area (Å²) in [5, 5.41) is 33.0. The highest BCUT2D eigenvalue weighted by Crippen LogP contribution is 2.71. The van der Waals surface area contributed by atoms with Crippen molar-refractivity contribution in [3.63, 3.8) is 0 Å². The Hall–Kier alpha value is -0.950. The van der Waals surface area contributed by atoms with Crippen LogP contribution in [-0.2, 0) is 14.3 Å². The van der Waals surface area contributed by atoms with Gasteiger partial charge in [-0.2, -0.15) is 0 Å². The molecule has 3 N–H and O–H groups in total. The second-order valence-electron chi connectivity index (χ2n) is 14.2. The number of aliphatic hydroxyl groups is 3. The molecule has 36 heavy (non-hydrogen) atoms. The van der Waals surface area contributed by atoms with Crippen molar-refractivity contribution in [3.05, 3.63) is 12.2 Å². The average Bonchev–Trinajstić information content (AvgIpc) is 3.06.